The fraction of sp³-hybridized carbons (Fsp3) is 0.941. The third kappa shape index (κ3) is 7.45. The molecular formula is C17H33NO4. The van der Waals surface area contributed by atoms with Crippen LogP contribution in [-0.4, -0.2) is 38.2 Å². The van der Waals surface area contributed by atoms with Gasteiger partial charge in [-0.3, -0.25) is 0 Å². The lowest BCUT2D eigenvalue weighted by Crippen LogP contribution is -2.46. The van der Waals surface area contributed by atoms with Gasteiger partial charge in [-0.2, -0.15) is 0 Å². The molecule has 0 spiro atoms. The first kappa shape index (κ1) is 19.2. The summed E-state index contributed by atoms with van der Waals surface area (Å²) in [6, 6.07) is -0.163. The molecule has 1 saturated carbocycles. The van der Waals surface area contributed by atoms with Crippen LogP contribution in [0.25, 0.3) is 0 Å². The van der Waals surface area contributed by atoms with E-state index in [2.05, 4.69) is 12.2 Å². The second-order valence-electron chi connectivity index (χ2n) is 5.92. The van der Waals surface area contributed by atoms with E-state index in [1.54, 1.807) is 0 Å². The van der Waals surface area contributed by atoms with E-state index in [0.717, 1.165) is 12.8 Å². The van der Waals surface area contributed by atoms with Crippen LogP contribution in [0.15, 0.2) is 0 Å². The highest BCUT2D eigenvalue weighted by molar-refractivity contribution is 5.67. The van der Waals surface area contributed by atoms with Gasteiger partial charge in [-0.1, -0.05) is 32.6 Å². The Morgan fingerprint density at radius 2 is 1.73 bits per heavy atom. The largest absolute Gasteiger partial charge is 0.449 e. The summed E-state index contributed by atoms with van der Waals surface area (Å²) in [7, 11) is 0. The molecule has 0 aromatic heterocycles. The zero-order chi connectivity index (χ0) is 16.2. The standard InChI is InChI=1S/C17H33NO4/c1-4-10-15(16(20-5-2)21-6-3)18-17(19)22-13-14-11-8-7-9-12-14/h14-16H,4-13H2,1-3H3,(H,18,19). The molecule has 5 nitrogen and oxygen atoms in total. The number of alkyl carbamates (subject to hydrolysis) is 1. The first-order valence-corrected chi connectivity index (χ1v) is 8.87. The Hall–Kier alpha value is -0.810. The maximum absolute atomic E-state index is 12.0. The summed E-state index contributed by atoms with van der Waals surface area (Å²) in [5.41, 5.74) is 0. The van der Waals surface area contributed by atoms with E-state index in [1.165, 1.54) is 32.1 Å². The van der Waals surface area contributed by atoms with Crippen molar-refractivity contribution in [2.45, 2.75) is 78.0 Å². The smallest absolute Gasteiger partial charge is 0.407 e. The number of hydrogen-bond acceptors (Lipinski definition) is 4. The molecule has 0 bridgehead atoms. The molecule has 5 heteroatoms. The summed E-state index contributed by atoms with van der Waals surface area (Å²) in [5.74, 6) is 0.527. The van der Waals surface area contributed by atoms with Crippen molar-refractivity contribution in [3.8, 4) is 0 Å². The predicted molar refractivity (Wildman–Crippen MR) is 86.8 cm³/mol. The Bertz CT molecular complexity index is 286. The minimum Gasteiger partial charge on any atom is -0.449 e. The van der Waals surface area contributed by atoms with Crippen molar-refractivity contribution in [1.82, 2.24) is 5.32 Å². The molecule has 1 aliphatic carbocycles. The molecule has 1 unspecified atom stereocenters. The van der Waals surface area contributed by atoms with Gasteiger partial charge < -0.3 is 19.5 Å². The Balaban J connectivity index is 2.40. The Labute approximate surface area is 135 Å². The van der Waals surface area contributed by atoms with Gasteiger partial charge in [0.1, 0.15) is 0 Å². The average molecular weight is 315 g/mol. The minimum atomic E-state index is -0.405. The summed E-state index contributed by atoms with van der Waals surface area (Å²) < 4.78 is 16.6. The van der Waals surface area contributed by atoms with Gasteiger partial charge in [0.25, 0.3) is 0 Å². The molecule has 0 heterocycles. The third-order valence-corrected chi connectivity index (χ3v) is 4.07. The van der Waals surface area contributed by atoms with Gasteiger partial charge >= 0.3 is 6.09 Å². The van der Waals surface area contributed by atoms with Crippen molar-refractivity contribution in [2.75, 3.05) is 19.8 Å². The molecule has 0 radical (unpaired) electrons. The zero-order valence-electron chi connectivity index (χ0n) is 14.4. The number of rotatable bonds is 10. The molecular weight excluding hydrogens is 282 g/mol. The highest BCUT2D eigenvalue weighted by atomic mass is 16.7. The molecule has 1 fully saturated rings. The fourth-order valence-corrected chi connectivity index (χ4v) is 2.94. The molecule has 130 valence electrons. The van der Waals surface area contributed by atoms with E-state index >= 15 is 0 Å². The molecule has 0 aliphatic heterocycles. The van der Waals surface area contributed by atoms with Gasteiger partial charge in [0, 0.05) is 13.2 Å². The number of carbonyl (C=O) groups is 1. The van der Waals surface area contributed by atoms with Crippen molar-refractivity contribution >= 4 is 6.09 Å². The van der Waals surface area contributed by atoms with E-state index in [0.29, 0.717) is 25.7 Å². The summed E-state index contributed by atoms with van der Waals surface area (Å²) in [6.45, 7) is 7.58. The van der Waals surface area contributed by atoms with Crippen LogP contribution >= 0.6 is 0 Å². The Kier molecular flexibility index (Phi) is 10.2. The molecule has 1 N–H and O–H groups in total. The van der Waals surface area contributed by atoms with Gasteiger partial charge in [-0.15, -0.1) is 0 Å². The van der Waals surface area contributed by atoms with Crippen molar-refractivity contribution in [3.63, 3.8) is 0 Å². The number of hydrogen-bond donors (Lipinski definition) is 1. The highest BCUT2D eigenvalue weighted by Gasteiger charge is 2.24. The maximum Gasteiger partial charge on any atom is 0.407 e. The molecule has 0 aromatic carbocycles. The quantitative estimate of drug-likeness (QED) is 0.622. The van der Waals surface area contributed by atoms with Crippen LogP contribution in [0.4, 0.5) is 4.79 Å². The average Bonchev–Trinajstić information content (AvgIpc) is 2.53. The molecule has 0 aromatic rings. The molecule has 1 amide bonds. The van der Waals surface area contributed by atoms with Gasteiger partial charge in [0.2, 0.25) is 0 Å². The number of ether oxygens (including phenoxy) is 3. The number of carbonyl (C=O) groups excluding carboxylic acids is 1. The topological polar surface area (TPSA) is 56.8 Å². The van der Waals surface area contributed by atoms with Gasteiger partial charge in [0.15, 0.2) is 6.29 Å². The zero-order valence-corrected chi connectivity index (χ0v) is 14.4. The van der Waals surface area contributed by atoms with Gasteiger partial charge in [0.05, 0.1) is 12.6 Å². The van der Waals surface area contributed by atoms with Gasteiger partial charge in [-0.05, 0) is 39.0 Å². The van der Waals surface area contributed by atoms with Crippen LogP contribution in [0.2, 0.25) is 0 Å². The second kappa shape index (κ2) is 11.7. The van der Waals surface area contributed by atoms with E-state index < -0.39 is 6.29 Å². The van der Waals surface area contributed by atoms with E-state index in [4.69, 9.17) is 14.2 Å². The Morgan fingerprint density at radius 1 is 1.09 bits per heavy atom. The van der Waals surface area contributed by atoms with Crippen molar-refractivity contribution in [2.24, 2.45) is 5.92 Å². The van der Waals surface area contributed by atoms with E-state index in [-0.39, 0.29) is 12.1 Å². The molecule has 1 aliphatic rings. The third-order valence-electron chi connectivity index (χ3n) is 4.07. The summed E-state index contributed by atoms with van der Waals surface area (Å²) in [6.07, 6.45) is 7.17. The monoisotopic (exact) mass is 315 g/mol. The SMILES string of the molecule is CCCC(NC(=O)OCC1CCCCC1)C(OCC)OCC. The lowest BCUT2D eigenvalue weighted by Gasteiger charge is -2.27. The lowest BCUT2D eigenvalue weighted by molar-refractivity contribution is -0.154. The van der Waals surface area contributed by atoms with Crippen LogP contribution in [-0.2, 0) is 14.2 Å². The second-order valence-corrected chi connectivity index (χ2v) is 5.92. The van der Waals surface area contributed by atoms with Crippen molar-refractivity contribution in [3.05, 3.63) is 0 Å². The summed E-state index contributed by atoms with van der Waals surface area (Å²) in [5, 5.41) is 2.92. The Morgan fingerprint density at radius 3 is 2.27 bits per heavy atom. The minimum absolute atomic E-state index is 0.163. The van der Waals surface area contributed by atoms with Crippen LogP contribution in [0, 0.1) is 5.92 Å². The van der Waals surface area contributed by atoms with Gasteiger partial charge in [-0.25, -0.2) is 4.79 Å². The van der Waals surface area contributed by atoms with Crippen LogP contribution in [0.1, 0.15) is 65.7 Å². The van der Waals surface area contributed by atoms with E-state index in [1.807, 2.05) is 13.8 Å². The summed E-state index contributed by atoms with van der Waals surface area (Å²) >= 11 is 0. The number of nitrogens with one attached hydrogen (secondary N) is 1. The maximum atomic E-state index is 12.0. The highest BCUT2D eigenvalue weighted by Crippen LogP contribution is 2.23. The van der Waals surface area contributed by atoms with Crippen molar-refractivity contribution < 1.29 is 19.0 Å². The predicted octanol–water partition coefficient (Wildman–Crippen LogP) is 3.86. The first-order chi connectivity index (χ1) is 10.7. The molecule has 22 heavy (non-hydrogen) atoms. The first-order valence-electron chi connectivity index (χ1n) is 8.87. The molecule has 1 atom stereocenters. The van der Waals surface area contributed by atoms with Crippen LogP contribution in [0.5, 0.6) is 0 Å². The summed E-state index contributed by atoms with van der Waals surface area (Å²) in [4.78, 5) is 12.0. The lowest BCUT2D eigenvalue weighted by atomic mass is 9.90. The van der Waals surface area contributed by atoms with Crippen LogP contribution in [0.3, 0.4) is 0 Å². The normalized spacial score (nSPS) is 17.5. The van der Waals surface area contributed by atoms with Crippen molar-refractivity contribution in [1.29, 1.82) is 0 Å². The number of amides is 1. The molecule has 1 rings (SSSR count). The molecule has 0 saturated heterocycles. The van der Waals surface area contributed by atoms with E-state index in [9.17, 15) is 4.79 Å². The fourth-order valence-electron chi connectivity index (χ4n) is 2.94. The van der Waals surface area contributed by atoms with Crippen LogP contribution < -0.4 is 5.32 Å².